The summed E-state index contributed by atoms with van der Waals surface area (Å²) in [4.78, 5) is 0. The third-order valence-corrected chi connectivity index (χ3v) is 4.87. The van der Waals surface area contributed by atoms with Crippen molar-refractivity contribution in [2.75, 3.05) is 7.11 Å². The summed E-state index contributed by atoms with van der Waals surface area (Å²) in [6.07, 6.45) is -12.1. The molecule has 0 aliphatic heterocycles. The van der Waals surface area contributed by atoms with Crippen molar-refractivity contribution < 1.29 is 66.5 Å². The van der Waals surface area contributed by atoms with Crippen LogP contribution in [-0.2, 0) is 4.74 Å². The summed E-state index contributed by atoms with van der Waals surface area (Å²) in [5.74, 6) is -37.1. The van der Waals surface area contributed by atoms with Crippen molar-refractivity contribution in [3.8, 4) is 5.75 Å². The first-order chi connectivity index (χ1) is 15.1. The molecule has 0 saturated carbocycles. The minimum Gasteiger partial charge on any atom is -0.491 e. The summed E-state index contributed by atoms with van der Waals surface area (Å²) >= 11 is 0. The summed E-state index contributed by atoms with van der Waals surface area (Å²) in [7, 11) is 0.658. The van der Waals surface area contributed by atoms with Crippen LogP contribution >= 0.6 is 0 Å². The van der Waals surface area contributed by atoms with E-state index in [0.29, 0.717) is 13.5 Å². The Morgan fingerprint density at radius 3 is 1.71 bits per heavy atom. The lowest BCUT2D eigenvalue weighted by atomic mass is 9.90. The Kier molecular flexibility index (Phi) is 8.51. The summed E-state index contributed by atoms with van der Waals surface area (Å²) in [6.45, 7) is 3.32. The van der Waals surface area contributed by atoms with Crippen molar-refractivity contribution in [1.82, 2.24) is 0 Å². The van der Waals surface area contributed by atoms with Gasteiger partial charge in [0.1, 0.15) is 5.75 Å². The van der Waals surface area contributed by atoms with E-state index in [1.54, 1.807) is 13.8 Å². The van der Waals surface area contributed by atoms with E-state index in [1.165, 1.54) is 12.1 Å². The lowest BCUT2D eigenvalue weighted by Gasteiger charge is -2.40. The second-order valence-corrected chi connectivity index (χ2v) is 7.34. The molecule has 0 radical (unpaired) electrons. The molecule has 0 N–H and O–H groups in total. The van der Waals surface area contributed by atoms with Gasteiger partial charge in [-0.2, -0.15) is 57.1 Å². The third kappa shape index (κ3) is 5.18. The molecule has 2 nitrogen and oxygen atoms in total. The molecule has 2 unspecified atom stereocenters. The van der Waals surface area contributed by atoms with Crippen molar-refractivity contribution in [3.63, 3.8) is 0 Å². The molecule has 0 saturated heterocycles. The Morgan fingerprint density at radius 2 is 1.26 bits per heavy atom. The van der Waals surface area contributed by atoms with Crippen LogP contribution in [0.5, 0.6) is 5.75 Å². The van der Waals surface area contributed by atoms with Crippen LogP contribution in [0.1, 0.15) is 38.4 Å². The number of ether oxygens (including phenoxy) is 2. The van der Waals surface area contributed by atoms with Crippen LogP contribution in [0.25, 0.3) is 0 Å². The van der Waals surface area contributed by atoms with Gasteiger partial charge in [0.15, 0.2) is 0 Å². The number of halogens is 13. The van der Waals surface area contributed by atoms with Crippen molar-refractivity contribution in [3.05, 3.63) is 29.8 Å². The second kappa shape index (κ2) is 9.61. The Bertz CT molecular complexity index is 821. The standard InChI is InChI=1S/C19H19F13O2/c1-4-10(2)34-12-7-5-6-11(8-12)13(33-3)9-14(20,21)15(22,23)16(24,25)17(26,27)18(28,29)19(30,31)32/h5-8,10,13H,4,9H2,1-3H3. The highest BCUT2D eigenvalue weighted by Crippen LogP contribution is 2.61. The lowest BCUT2D eigenvalue weighted by molar-refractivity contribution is -0.440. The summed E-state index contributed by atoms with van der Waals surface area (Å²) in [5, 5.41) is 0. The van der Waals surface area contributed by atoms with Crippen LogP contribution in [0.2, 0.25) is 0 Å². The molecule has 1 aromatic rings. The largest absolute Gasteiger partial charge is 0.491 e. The smallest absolute Gasteiger partial charge is 0.460 e. The number of rotatable bonds is 11. The Morgan fingerprint density at radius 1 is 0.765 bits per heavy atom. The van der Waals surface area contributed by atoms with Crippen LogP contribution in [0.15, 0.2) is 24.3 Å². The van der Waals surface area contributed by atoms with Gasteiger partial charge in [0, 0.05) is 13.5 Å². The zero-order chi connectivity index (χ0) is 27.0. The van der Waals surface area contributed by atoms with Crippen molar-refractivity contribution in [2.45, 2.75) is 74.7 Å². The van der Waals surface area contributed by atoms with E-state index in [4.69, 9.17) is 4.74 Å². The summed E-state index contributed by atoms with van der Waals surface area (Å²) < 4.78 is 183. The van der Waals surface area contributed by atoms with Gasteiger partial charge in [-0.05, 0) is 31.0 Å². The number of alkyl halides is 13. The minimum absolute atomic E-state index is 0.00524. The molecule has 0 aromatic heterocycles. The predicted octanol–water partition coefficient (Wildman–Crippen LogP) is 7.68. The zero-order valence-electron chi connectivity index (χ0n) is 17.6. The lowest BCUT2D eigenvalue weighted by Crippen LogP contribution is -2.70. The van der Waals surface area contributed by atoms with Gasteiger partial charge in [0.25, 0.3) is 0 Å². The van der Waals surface area contributed by atoms with Crippen molar-refractivity contribution in [2.24, 2.45) is 0 Å². The highest BCUT2D eigenvalue weighted by Gasteiger charge is 2.90. The molecule has 0 aliphatic carbocycles. The van der Waals surface area contributed by atoms with E-state index < -0.39 is 54.4 Å². The number of hydrogen-bond acceptors (Lipinski definition) is 2. The fourth-order valence-corrected chi connectivity index (χ4v) is 2.60. The molecule has 0 aliphatic rings. The number of benzene rings is 1. The molecular weight excluding hydrogens is 507 g/mol. The normalized spacial score (nSPS) is 16.4. The molecule has 0 spiro atoms. The molecule has 0 heterocycles. The summed E-state index contributed by atoms with van der Waals surface area (Å²) in [5.41, 5.74) is -0.380. The quantitative estimate of drug-likeness (QED) is 0.276. The topological polar surface area (TPSA) is 18.5 Å². The highest BCUT2D eigenvalue weighted by molar-refractivity contribution is 5.30. The second-order valence-electron chi connectivity index (χ2n) is 7.34. The van der Waals surface area contributed by atoms with Crippen molar-refractivity contribution in [1.29, 1.82) is 0 Å². The molecule has 1 rings (SSSR count). The van der Waals surface area contributed by atoms with Gasteiger partial charge in [0.2, 0.25) is 0 Å². The van der Waals surface area contributed by atoms with Crippen LogP contribution in [-0.4, -0.2) is 49.0 Å². The zero-order valence-corrected chi connectivity index (χ0v) is 17.6. The average molecular weight is 526 g/mol. The van der Waals surface area contributed by atoms with E-state index in [0.717, 1.165) is 12.1 Å². The van der Waals surface area contributed by atoms with Crippen LogP contribution in [0, 0.1) is 0 Å². The van der Waals surface area contributed by atoms with E-state index in [1.807, 2.05) is 0 Å². The van der Waals surface area contributed by atoms with Crippen LogP contribution < -0.4 is 4.74 Å². The van der Waals surface area contributed by atoms with E-state index in [-0.39, 0.29) is 11.3 Å². The van der Waals surface area contributed by atoms with Gasteiger partial charge >= 0.3 is 35.8 Å². The Balaban J connectivity index is 3.37. The summed E-state index contributed by atoms with van der Waals surface area (Å²) in [6, 6.07) is 4.46. The minimum atomic E-state index is -7.93. The first-order valence-electron chi connectivity index (χ1n) is 9.36. The first kappa shape index (κ1) is 30.1. The SMILES string of the molecule is CCC(C)Oc1cccc(C(CC(F)(F)C(F)(F)C(F)(F)C(F)(F)C(F)(F)C(F)(F)F)OC)c1. The number of hydrogen-bond donors (Lipinski definition) is 0. The molecule has 0 fully saturated rings. The van der Waals surface area contributed by atoms with Crippen LogP contribution in [0.4, 0.5) is 57.1 Å². The van der Waals surface area contributed by atoms with E-state index >= 15 is 0 Å². The van der Waals surface area contributed by atoms with Gasteiger partial charge in [-0.15, -0.1) is 0 Å². The maximum Gasteiger partial charge on any atom is 0.460 e. The van der Waals surface area contributed by atoms with E-state index in [2.05, 4.69) is 4.74 Å². The van der Waals surface area contributed by atoms with Gasteiger partial charge in [-0.25, -0.2) is 0 Å². The third-order valence-electron chi connectivity index (χ3n) is 4.87. The predicted molar refractivity (Wildman–Crippen MR) is 92.0 cm³/mol. The fourth-order valence-electron chi connectivity index (χ4n) is 2.60. The number of methoxy groups -OCH3 is 1. The van der Waals surface area contributed by atoms with Gasteiger partial charge < -0.3 is 9.47 Å². The van der Waals surface area contributed by atoms with Gasteiger partial charge in [0.05, 0.1) is 12.2 Å². The van der Waals surface area contributed by atoms with Gasteiger partial charge in [-0.1, -0.05) is 19.1 Å². The molecule has 34 heavy (non-hydrogen) atoms. The van der Waals surface area contributed by atoms with E-state index in [9.17, 15) is 57.1 Å². The molecule has 15 heteroatoms. The maximum atomic E-state index is 14.2. The van der Waals surface area contributed by atoms with Crippen molar-refractivity contribution >= 4 is 0 Å². The first-order valence-corrected chi connectivity index (χ1v) is 9.36. The van der Waals surface area contributed by atoms with Crippen LogP contribution in [0.3, 0.4) is 0 Å². The maximum absolute atomic E-state index is 14.2. The molecule has 0 amide bonds. The Labute approximate surface area is 185 Å². The highest BCUT2D eigenvalue weighted by atomic mass is 19.4. The molecule has 198 valence electrons. The molecule has 0 bridgehead atoms. The van der Waals surface area contributed by atoms with Gasteiger partial charge in [-0.3, -0.25) is 0 Å². The fraction of sp³-hybridized carbons (Fsp3) is 0.684. The average Bonchev–Trinajstić information content (AvgIpc) is 2.70. The molecular formula is C19H19F13O2. The Hall–Kier alpha value is -1.93. The molecule has 1 aromatic carbocycles. The monoisotopic (exact) mass is 526 g/mol. The molecule has 2 atom stereocenters.